The number of benzene rings is 1. The summed E-state index contributed by atoms with van der Waals surface area (Å²) in [5.41, 5.74) is 1.00. The van der Waals surface area contributed by atoms with Crippen molar-refractivity contribution < 1.29 is 13.2 Å². The maximum Gasteiger partial charge on any atom is 0.225 e. The largest absolute Gasteiger partial charge is 0.326 e. The molecule has 1 heterocycles. The summed E-state index contributed by atoms with van der Waals surface area (Å²) in [6.07, 6.45) is 0.726. The van der Waals surface area contributed by atoms with Crippen molar-refractivity contribution in [2.24, 2.45) is 0 Å². The molecule has 0 aromatic heterocycles. The molecule has 1 aromatic rings. The zero-order chi connectivity index (χ0) is 14.6. The molecule has 1 aliphatic rings. The van der Waals surface area contributed by atoms with Gasteiger partial charge in [-0.15, -0.1) is 0 Å². The third-order valence-electron chi connectivity index (χ3n) is 3.07. The van der Waals surface area contributed by atoms with Crippen LogP contribution in [0, 0.1) is 11.3 Å². The second kappa shape index (κ2) is 6.03. The van der Waals surface area contributed by atoms with E-state index in [1.54, 1.807) is 24.3 Å². The first-order chi connectivity index (χ1) is 9.51. The van der Waals surface area contributed by atoms with Gasteiger partial charge in [0, 0.05) is 25.2 Å². The number of nitrogens with zero attached hydrogens (tertiary/aromatic N) is 2. The number of hydrogen-bond donors (Lipinski definition) is 1. The molecule has 0 saturated carbocycles. The van der Waals surface area contributed by atoms with Gasteiger partial charge >= 0.3 is 0 Å². The zero-order valence-corrected chi connectivity index (χ0v) is 11.7. The van der Waals surface area contributed by atoms with E-state index in [4.69, 9.17) is 5.26 Å². The van der Waals surface area contributed by atoms with Crippen molar-refractivity contribution >= 4 is 21.6 Å². The first kappa shape index (κ1) is 14.5. The molecule has 20 heavy (non-hydrogen) atoms. The Balaban J connectivity index is 1.88. The van der Waals surface area contributed by atoms with Crippen LogP contribution in [0.2, 0.25) is 0 Å². The minimum Gasteiger partial charge on any atom is -0.326 e. The summed E-state index contributed by atoms with van der Waals surface area (Å²) >= 11 is 0. The summed E-state index contributed by atoms with van der Waals surface area (Å²) in [4.78, 5) is 11.8. The highest BCUT2D eigenvalue weighted by Crippen LogP contribution is 2.14. The van der Waals surface area contributed by atoms with Crippen LogP contribution in [0.3, 0.4) is 0 Å². The topological polar surface area (TPSA) is 90.3 Å². The number of nitrogens with one attached hydrogen (secondary N) is 1. The Hall–Kier alpha value is -1.91. The molecule has 1 N–H and O–H groups in total. The zero-order valence-electron chi connectivity index (χ0n) is 10.9. The predicted molar refractivity (Wildman–Crippen MR) is 74.4 cm³/mol. The van der Waals surface area contributed by atoms with Gasteiger partial charge in [0.25, 0.3) is 0 Å². The van der Waals surface area contributed by atoms with E-state index in [-0.39, 0.29) is 24.6 Å². The number of rotatable bonds is 4. The third kappa shape index (κ3) is 3.56. The summed E-state index contributed by atoms with van der Waals surface area (Å²) in [5.74, 6) is -0.0964. The summed E-state index contributed by atoms with van der Waals surface area (Å²) in [5, 5.41) is 11.4. The molecule has 0 radical (unpaired) electrons. The molecular formula is C13H15N3O3S. The fourth-order valence-corrected chi connectivity index (χ4v) is 3.59. The van der Waals surface area contributed by atoms with Gasteiger partial charge in [-0.1, -0.05) is 6.07 Å². The lowest BCUT2D eigenvalue weighted by Gasteiger charge is -2.13. The predicted octanol–water partition coefficient (Wildman–Crippen LogP) is 0.922. The van der Waals surface area contributed by atoms with Crippen molar-refractivity contribution in [3.8, 4) is 6.07 Å². The number of hydrogen-bond acceptors (Lipinski definition) is 4. The van der Waals surface area contributed by atoms with Gasteiger partial charge in [0.15, 0.2) is 0 Å². The number of sulfonamides is 1. The molecule has 1 aliphatic heterocycles. The molecule has 0 bridgehead atoms. The van der Waals surface area contributed by atoms with Gasteiger partial charge < -0.3 is 5.32 Å². The minimum absolute atomic E-state index is 0.107. The first-order valence-corrected chi connectivity index (χ1v) is 7.90. The van der Waals surface area contributed by atoms with Crippen LogP contribution < -0.4 is 5.32 Å². The molecule has 0 unspecified atom stereocenters. The number of amides is 1. The molecule has 6 nitrogen and oxygen atoms in total. The average Bonchev–Trinajstić information content (AvgIpc) is 2.75. The van der Waals surface area contributed by atoms with Crippen molar-refractivity contribution in [2.75, 3.05) is 24.2 Å². The Labute approximate surface area is 118 Å². The molecule has 7 heteroatoms. The summed E-state index contributed by atoms with van der Waals surface area (Å²) in [6.45, 7) is 0.686. The molecule has 0 spiro atoms. The van der Waals surface area contributed by atoms with Gasteiger partial charge in [-0.3, -0.25) is 4.79 Å². The Bertz CT molecular complexity index is 649. The lowest BCUT2D eigenvalue weighted by Crippen LogP contribution is -2.29. The van der Waals surface area contributed by atoms with E-state index in [1.807, 2.05) is 6.07 Å². The van der Waals surface area contributed by atoms with E-state index in [1.165, 1.54) is 4.31 Å². The molecule has 0 atom stereocenters. The van der Waals surface area contributed by atoms with Gasteiger partial charge in [0.1, 0.15) is 0 Å². The van der Waals surface area contributed by atoms with Crippen LogP contribution in [0.1, 0.15) is 18.4 Å². The highest BCUT2D eigenvalue weighted by molar-refractivity contribution is 7.89. The summed E-state index contributed by atoms with van der Waals surface area (Å²) < 4.78 is 24.5. The van der Waals surface area contributed by atoms with Gasteiger partial charge in [-0.2, -0.15) is 5.26 Å². The number of carbonyl (C=O) groups is 1. The molecule has 1 amide bonds. The molecule has 1 aromatic carbocycles. The Morgan fingerprint density at radius 3 is 2.90 bits per heavy atom. The number of carbonyl (C=O) groups excluding carboxylic acids is 1. The molecule has 1 saturated heterocycles. The molecule has 2 rings (SSSR count). The average molecular weight is 293 g/mol. The first-order valence-electron chi connectivity index (χ1n) is 6.29. The van der Waals surface area contributed by atoms with E-state index in [0.717, 1.165) is 0 Å². The van der Waals surface area contributed by atoms with Gasteiger partial charge in [-0.05, 0) is 24.6 Å². The lowest BCUT2D eigenvalue weighted by atomic mass is 10.2. The van der Waals surface area contributed by atoms with Crippen molar-refractivity contribution in [3.05, 3.63) is 29.8 Å². The Morgan fingerprint density at radius 2 is 2.25 bits per heavy atom. The standard InChI is InChI=1S/C13H15N3O3S/c14-10-11-3-1-4-12(9-11)15-13(17)5-7-16-6-2-8-20(16,18)19/h1,3-4,9H,2,5-8H2,(H,15,17). The van der Waals surface area contributed by atoms with Crippen LogP contribution in [0.25, 0.3) is 0 Å². The van der Waals surface area contributed by atoms with E-state index in [2.05, 4.69) is 5.32 Å². The van der Waals surface area contributed by atoms with Crippen molar-refractivity contribution in [3.63, 3.8) is 0 Å². The molecule has 106 valence electrons. The fourth-order valence-electron chi connectivity index (χ4n) is 2.06. The monoisotopic (exact) mass is 293 g/mol. The lowest BCUT2D eigenvalue weighted by molar-refractivity contribution is -0.116. The van der Waals surface area contributed by atoms with Crippen LogP contribution in [0.15, 0.2) is 24.3 Å². The maximum absolute atomic E-state index is 11.8. The Morgan fingerprint density at radius 1 is 1.45 bits per heavy atom. The fraction of sp³-hybridized carbons (Fsp3) is 0.385. The van der Waals surface area contributed by atoms with Crippen molar-refractivity contribution in [1.82, 2.24) is 4.31 Å². The van der Waals surface area contributed by atoms with E-state index in [9.17, 15) is 13.2 Å². The SMILES string of the molecule is N#Cc1cccc(NC(=O)CCN2CCCS2(=O)=O)c1. The highest BCUT2D eigenvalue weighted by atomic mass is 32.2. The quantitative estimate of drug-likeness (QED) is 0.894. The van der Waals surface area contributed by atoms with Gasteiger partial charge in [-0.25, -0.2) is 12.7 Å². The van der Waals surface area contributed by atoms with Crippen LogP contribution in [0.4, 0.5) is 5.69 Å². The van der Waals surface area contributed by atoms with E-state index in [0.29, 0.717) is 24.2 Å². The van der Waals surface area contributed by atoms with Crippen LogP contribution in [-0.4, -0.2) is 37.5 Å². The summed E-state index contributed by atoms with van der Waals surface area (Å²) in [7, 11) is -3.16. The molecule has 0 aliphatic carbocycles. The summed E-state index contributed by atoms with van der Waals surface area (Å²) in [6, 6.07) is 8.57. The third-order valence-corrected chi connectivity index (χ3v) is 5.02. The van der Waals surface area contributed by atoms with E-state index >= 15 is 0 Å². The smallest absolute Gasteiger partial charge is 0.225 e. The normalized spacial score (nSPS) is 17.6. The number of nitriles is 1. The molecular weight excluding hydrogens is 278 g/mol. The van der Waals surface area contributed by atoms with Gasteiger partial charge in [0.2, 0.25) is 15.9 Å². The number of anilines is 1. The van der Waals surface area contributed by atoms with Crippen molar-refractivity contribution in [1.29, 1.82) is 5.26 Å². The van der Waals surface area contributed by atoms with Crippen LogP contribution >= 0.6 is 0 Å². The highest BCUT2D eigenvalue weighted by Gasteiger charge is 2.28. The van der Waals surface area contributed by atoms with Crippen molar-refractivity contribution in [2.45, 2.75) is 12.8 Å². The van der Waals surface area contributed by atoms with Crippen LogP contribution in [-0.2, 0) is 14.8 Å². The maximum atomic E-state index is 11.8. The minimum atomic E-state index is -3.16. The second-order valence-electron chi connectivity index (χ2n) is 4.56. The molecule has 1 fully saturated rings. The van der Waals surface area contributed by atoms with E-state index < -0.39 is 10.0 Å². The second-order valence-corrected chi connectivity index (χ2v) is 6.65. The Kier molecular flexibility index (Phi) is 4.37. The van der Waals surface area contributed by atoms with Gasteiger partial charge in [0.05, 0.1) is 17.4 Å². The van der Waals surface area contributed by atoms with Crippen LogP contribution in [0.5, 0.6) is 0 Å².